The SMILES string of the molecule is O=C(O)CCc1cc(C(F)F)ccc1F. The molecule has 0 saturated carbocycles. The van der Waals surface area contributed by atoms with Gasteiger partial charge in [0.25, 0.3) is 6.43 Å². The third kappa shape index (κ3) is 3.27. The molecule has 0 aliphatic heterocycles. The van der Waals surface area contributed by atoms with E-state index in [2.05, 4.69) is 0 Å². The third-order valence-electron chi connectivity index (χ3n) is 1.93. The molecule has 82 valence electrons. The Labute approximate surface area is 84.3 Å². The van der Waals surface area contributed by atoms with Gasteiger partial charge in [0.15, 0.2) is 0 Å². The van der Waals surface area contributed by atoms with E-state index in [1.54, 1.807) is 0 Å². The minimum atomic E-state index is -2.67. The number of hydrogen-bond acceptors (Lipinski definition) is 1. The van der Waals surface area contributed by atoms with Crippen LogP contribution >= 0.6 is 0 Å². The molecule has 1 N–H and O–H groups in total. The zero-order chi connectivity index (χ0) is 11.4. The molecule has 0 unspecified atom stereocenters. The topological polar surface area (TPSA) is 37.3 Å². The summed E-state index contributed by atoms with van der Waals surface area (Å²) < 4.78 is 37.5. The first-order valence-corrected chi connectivity index (χ1v) is 4.29. The highest BCUT2D eigenvalue weighted by atomic mass is 19.3. The normalized spacial score (nSPS) is 10.7. The van der Waals surface area contributed by atoms with Crippen LogP contribution < -0.4 is 0 Å². The Morgan fingerprint density at radius 2 is 2.07 bits per heavy atom. The summed E-state index contributed by atoms with van der Waals surface area (Å²) in [6.07, 6.45) is -3.03. The predicted molar refractivity (Wildman–Crippen MR) is 47.3 cm³/mol. The zero-order valence-corrected chi connectivity index (χ0v) is 7.71. The van der Waals surface area contributed by atoms with Crippen LogP contribution in [0.3, 0.4) is 0 Å². The molecule has 0 saturated heterocycles. The van der Waals surface area contributed by atoms with E-state index in [4.69, 9.17) is 5.11 Å². The summed E-state index contributed by atoms with van der Waals surface area (Å²) in [5.74, 6) is -1.74. The van der Waals surface area contributed by atoms with E-state index in [-0.39, 0.29) is 24.0 Å². The molecular weight excluding hydrogens is 209 g/mol. The van der Waals surface area contributed by atoms with Crippen LogP contribution in [0.4, 0.5) is 13.2 Å². The molecule has 0 amide bonds. The molecule has 0 heterocycles. The first kappa shape index (κ1) is 11.6. The summed E-state index contributed by atoms with van der Waals surface area (Å²) >= 11 is 0. The Kier molecular flexibility index (Phi) is 3.71. The lowest BCUT2D eigenvalue weighted by atomic mass is 10.1. The van der Waals surface area contributed by atoms with Gasteiger partial charge in [-0.2, -0.15) is 0 Å². The number of hydrogen-bond donors (Lipinski definition) is 1. The number of carbonyl (C=O) groups is 1. The van der Waals surface area contributed by atoms with Gasteiger partial charge in [0, 0.05) is 12.0 Å². The largest absolute Gasteiger partial charge is 0.481 e. The van der Waals surface area contributed by atoms with Gasteiger partial charge in [-0.05, 0) is 24.1 Å². The van der Waals surface area contributed by atoms with Crippen molar-refractivity contribution in [2.24, 2.45) is 0 Å². The summed E-state index contributed by atoms with van der Waals surface area (Å²) in [6, 6.07) is 2.92. The molecule has 0 radical (unpaired) electrons. The molecular formula is C10H9F3O2. The molecule has 0 fully saturated rings. The van der Waals surface area contributed by atoms with Crippen LogP contribution in [0.5, 0.6) is 0 Å². The van der Waals surface area contributed by atoms with E-state index in [1.165, 1.54) is 0 Å². The van der Waals surface area contributed by atoms with Crippen LogP contribution in [-0.4, -0.2) is 11.1 Å². The lowest BCUT2D eigenvalue weighted by Crippen LogP contribution is -2.00. The van der Waals surface area contributed by atoms with Crippen molar-refractivity contribution in [2.45, 2.75) is 19.3 Å². The molecule has 2 nitrogen and oxygen atoms in total. The van der Waals surface area contributed by atoms with Crippen molar-refractivity contribution in [3.63, 3.8) is 0 Å². The van der Waals surface area contributed by atoms with Gasteiger partial charge in [0.05, 0.1) is 0 Å². The van der Waals surface area contributed by atoms with Crippen LogP contribution in [0.25, 0.3) is 0 Å². The van der Waals surface area contributed by atoms with Crippen LogP contribution in [-0.2, 0) is 11.2 Å². The molecule has 0 aliphatic carbocycles. The number of aliphatic carboxylic acids is 1. The molecule has 1 aromatic carbocycles. The van der Waals surface area contributed by atoms with Crippen LogP contribution in [0.15, 0.2) is 18.2 Å². The molecule has 0 aromatic heterocycles. The fourth-order valence-corrected chi connectivity index (χ4v) is 1.16. The summed E-state index contributed by atoms with van der Waals surface area (Å²) in [7, 11) is 0. The molecule has 0 aliphatic rings. The van der Waals surface area contributed by atoms with E-state index in [9.17, 15) is 18.0 Å². The Balaban J connectivity index is 2.85. The van der Waals surface area contributed by atoms with E-state index < -0.39 is 18.2 Å². The standard InChI is InChI=1S/C10H9F3O2/c11-8-3-1-7(10(12)13)5-6(8)2-4-9(14)15/h1,3,5,10H,2,4H2,(H,14,15). The third-order valence-corrected chi connectivity index (χ3v) is 1.93. The maximum absolute atomic E-state index is 13.0. The average molecular weight is 218 g/mol. The number of rotatable bonds is 4. The number of carboxylic acid groups (broad SMARTS) is 1. The molecule has 0 atom stereocenters. The first-order valence-electron chi connectivity index (χ1n) is 4.29. The Hall–Kier alpha value is -1.52. The Bertz CT molecular complexity index is 364. The van der Waals surface area contributed by atoms with E-state index in [0.717, 1.165) is 18.2 Å². The summed E-state index contributed by atoms with van der Waals surface area (Å²) in [5.41, 5.74) is -0.285. The maximum Gasteiger partial charge on any atom is 0.303 e. The molecule has 1 rings (SSSR count). The second-order valence-corrected chi connectivity index (χ2v) is 3.05. The Morgan fingerprint density at radius 3 is 2.60 bits per heavy atom. The first-order chi connectivity index (χ1) is 7.00. The minimum Gasteiger partial charge on any atom is -0.481 e. The van der Waals surface area contributed by atoms with E-state index in [1.807, 2.05) is 0 Å². The quantitative estimate of drug-likeness (QED) is 0.843. The van der Waals surface area contributed by atoms with Crippen molar-refractivity contribution < 1.29 is 23.1 Å². The Morgan fingerprint density at radius 1 is 1.40 bits per heavy atom. The van der Waals surface area contributed by atoms with Gasteiger partial charge in [-0.1, -0.05) is 6.07 Å². The monoisotopic (exact) mass is 218 g/mol. The van der Waals surface area contributed by atoms with Crippen LogP contribution in [0, 0.1) is 5.82 Å². The summed E-state index contributed by atoms with van der Waals surface area (Å²) in [4.78, 5) is 10.2. The number of aryl methyl sites for hydroxylation is 1. The van der Waals surface area contributed by atoms with Crippen molar-refractivity contribution >= 4 is 5.97 Å². The fraction of sp³-hybridized carbons (Fsp3) is 0.300. The van der Waals surface area contributed by atoms with Gasteiger partial charge >= 0.3 is 5.97 Å². The van der Waals surface area contributed by atoms with Gasteiger partial charge in [-0.3, -0.25) is 4.79 Å². The van der Waals surface area contributed by atoms with Crippen molar-refractivity contribution in [1.29, 1.82) is 0 Å². The van der Waals surface area contributed by atoms with Crippen molar-refractivity contribution in [3.05, 3.63) is 35.1 Å². The number of alkyl halides is 2. The second-order valence-electron chi connectivity index (χ2n) is 3.05. The summed E-state index contributed by atoms with van der Waals surface area (Å²) in [6.45, 7) is 0. The van der Waals surface area contributed by atoms with Gasteiger partial charge in [-0.15, -0.1) is 0 Å². The molecule has 0 spiro atoms. The number of halogens is 3. The highest BCUT2D eigenvalue weighted by molar-refractivity contribution is 5.67. The molecule has 0 bridgehead atoms. The number of benzene rings is 1. The fourth-order valence-electron chi connectivity index (χ4n) is 1.16. The maximum atomic E-state index is 13.0. The predicted octanol–water partition coefficient (Wildman–Crippen LogP) is 2.78. The lowest BCUT2D eigenvalue weighted by Gasteiger charge is -2.04. The smallest absolute Gasteiger partial charge is 0.303 e. The second kappa shape index (κ2) is 4.82. The average Bonchev–Trinajstić information content (AvgIpc) is 2.16. The number of carboxylic acids is 1. The van der Waals surface area contributed by atoms with Gasteiger partial charge in [-0.25, -0.2) is 13.2 Å². The minimum absolute atomic E-state index is 0.00944. The molecule has 5 heteroatoms. The van der Waals surface area contributed by atoms with Crippen LogP contribution in [0.1, 0.15) is 24.0 Å². The van der Waals surface area contributed by atoms with Crippen molar-refractivity contribution in [2.75, 3.05) is 0 Å². The zero-order valence-electron chi connectivity index (χ0n) is 7.71. The van der Waals surface area contributed by atoms with Crippen molar-refractivity contribution in [3.8, 4) is 0 Å². The highest BCUT2D eigenvalue weighted by Crippen LogP contribution is 2.21. The van der Waals surface area contributed by atoms with Crippen LogP contribution in [0.2, 0.25) is 0 Å². The highest BCUT2D eigenvalue weighted by Gasteiger charge is 2.11. The lowest BCUT2D eigenvalue weighted by molar-refractivity contribution is -0.136. The molecule has 1 aromatic rings. The van der Waals surface area contributed by atoms with E-state index in [0.29, 0.717) is 0 Å². The summed E-state index contributed by atoms with van der Waals surface area (Å²) in [5, 5.41) is 8.37. The molecule has 15 heavy (non-hydrogen) atoms. The van der Waals surface area contributed by atoms with E-state index >= 15 is 0 Å². The van der Waals surface area contributed by atoms with Crippen molar-refractivity contribution in [1.82, 2.24) is 0 Å². The van der Waals surface area contributed by atoms with Gasteiger partial charge < -0.3 is 5.11 Å². The van der Waals surface area contributed by atoms with Gasteiger partial charge in [0.2, 0.25) is 0 Å². The van der Waals surface area contributed by atoms with Gasteiger partial charge in [0.1, 0.15) is 5.82 Å².